The second kappa shape index (κ2) is 13.3. The Morgan fingerprint density at radius 1 is 0.929 bits per heavy atom. The molecule has 0 amide bonds. The summed E-state index contributed by atoms with van der Waals surface area (Å²) in [6, 6.07) is 26.2. The molecule has 0 bridgehead atoms. The Kier molecular flexibility index (Phi) is 9.85. The Morgan fingerprint density at radius 2 is 1.76 bits per heavy atom. The topological polar surface area (TPSA) is 115 Å². The van der Waals surface area contributed by atoms with Gasteiger partial charge in [-0.05, 0) is 54.1 Å². The average Bonchev–Trinajstić information content (AvgIpc) is 3.58. The number of sulfone groups is 1. The molecule has 2 N–H and O–H groups in total. The van der Waals surface area contributed by atoms with E-state index in [-0.39, 0.29) is 30.6 Å². The Balaban J connectivity index is 0.00000202. The van der Waals surface area contributed by atoms with Crippen molar-refractivity contribution >= 4 is 68.0 Å². The Labute approximate surface area is 256 Å². The third-order valence-corrected chi connectivity index (χ3v) is 7.56. The summed E-state index contributed by atoms with van der Waals surface area (Å²) < 4.78 is 30.7. The molecular weight excluding hydrogens is 595 g/mol. The first kappa shape index (κ1) is 31.0. The summed E-state index contributed by atoms with van der Waals surface area (Å²) in [5.41, 5.74) is 4.86. The van der Waals surface area contributed by atoms with Gasteiger partial charge in [-0.15, -0.1) is 24.8 Å². The van der Waals surface area contributed by atoms with Crippen molar-refractivity contribution in [3.05, 3.63) is 103 Å². The third-order valence-electron chi connectivity index (χ3n) is 6.61. The van der Waals surface area contributed by atoms with Crippen LogP contribution < -0.4 is 10.6 Å². The predicted octanol–water partition coefficient (Wildman–Crippen LogP) is 6.01. The molecule has 0 fully saturated rings. The van der Waals surface area contributed by atoms with Gasteiger partial charge in [0, 0.05) is 34.8 Å². The molecule has 9 nitrogen and oxygen atoms in total. The van der Waals surface area contributed by atoms with Crippen LogP contribution in [0.2, 0.25) is 0 Å². The summed E-state index contributed by atoms with van der Waals surface area (Å²) in [5.74, 6) is 2.22. The number of benzene rings is 3. The highest BCUT2D eigenvalue weighted by Crippen LogP contribution is 2.30. The number of hydrogen-bond acceptors (Lipinski definition) is 8. The number of nitrogens with one attached hydrogen (secondary N) is 2. The Hall–Kier alpha value is -3.96. The molecule has 6 rings (SSSR count). The van der Waals surface area contributed by atoms with E-state index in [1.54, 1.807) is 6.33 Å². The highest BCUT2D eigenvalue weighted by molar-refractivity contribution is 7.90. The number of nitrogens with zero attached hydrogens (tertiary/aromatic N) is 4. The summed E-state index contributed by atoms with van der Waals surface area (Å²) in [7, 11) is -3.00. The molecule has 3 aromatic heterocycles. The second-order valence-corrected chi connectivity index (χ2v) is 12.0. The van der Waals surface area contributed by atoms with E-state index >= 15 is 0 Å². The van der Waals surface area contributed by atoms with Gasteiger partial charge in [0.1, 0.15) is 33.5 Å². The molecule has 0 aliphatic heterocycles. The van der Waals surface area contributed by atoms with Crippen LogP contribution in [0.5, 0.6) is 0 Å². The van der Waals surface area contributed by atoms with Gasteiger partial charge in [0.25, 0.3) is 0 Å². The van der Waals surface area contributed by atoms with Gasteiger partial charge >= 0.3 is 0 Å². The van der Waals surface area contributed by atoms with Gasteiger partial charge in [0.15, 0.2) is 0 Å². The number of hydrogen-bond donors (Lipinski definition) is 2. The van der Waals surface area contributed by atoms with Crippen LogP contribution in [-0.4, -0.2) is 46.7 Å². The minimum absolute atomic E-state index is 0. The highest BCUT2D eigenvalue weighted by Gasteiger charge is 2.11. The molecule has 218 valence electrons. The zero-order chi connectivity index (χ0) is 27.5. The van der Waals surface area contributed by atoms with E-state index < -0.39 is 9.84 Å². The van der Waals surface area contributed by atoms with Gasteiger partial charge < -0.3 is 15.1 Å². The quantitative estimate of drug-likeness (QED) is 0.178. The van der Waals surface area contributed by atoms with E-state index in [4.69, 9.17) is 4.42 Å². The zero-order valence-electron chi connectivity index (χ0n) is 22.7. The normalized spacial score (nSPS) is 11.3. The molecule has 3 aromatic carbocycles. The summed E-state index contributed by atoms with van der Waals surface area (Å²) in [5, 5.41) is 13.0. The van der Waals surface area contributed by atoms with E-state index in [0.29, 0.717) is 31.2 Å². The first-order valence-electron chi connectivity index (χ1n) is 12.9. The summed E-state index contributed by atoms with van der Waals surface area (Å²) >= 11 is 0. The van der Waals surface area contributed by atoms with E-state index in [2.05, 4.69) is 50.0 Å². The maximum Gasteiger partial charge on any atom is 0.148 e. The molecule has 0 aliphatic rings. The first-order chi connectivity index (χ1) is 19.4. The Morgan fingerprint density at radius 3 is 2.57 bits per heavy atom. The lowest BCUT2D eigenvalue weighted by Gasteiger charge is -2.10. The van der Waals surface area contributed by atoms with Gasteiger partial charge in [-0.2, -0.15) is 5.10 Å². The SMILES string of the molecule is CS(=O)(=O)CCNCc1ccc(-c2ccc3ncnc(Nc4ccc5c(cnn5Cc5ccccc5)c4)c3c2)o1.Cl.Cl. The standard InChI is InChI=1S/C30H28N6O3S.2ClH/c1-40(37,38)14-13-31-18-25-9-12-29(39-25)22-7-10-27-26(16-22)30(33-20-32-27)35-24-8-11-28-23(15-24)17-34-36(28)19-21-5-3-2-4-6-21;;/h2-12,15-17,20,31H,13-14,18-19H2,1H3,(H,32,33,35);2*1H. The lowest BCUT2D eigenvalue weighted by Crippen LogP contribution is -2.21. The fourth-order valence-corrected chi connectivity index (χ4v) is 5.11. The van der Waals surface area contributed by atoms with Gasteiger partial charge in [-0.1, -0.05) is 30.3 Å². The number of aromatic nitrogens is 4. The Bertz CT molecular complexity index is 1910. The van der Waals surface area contributed by atoms with Crippen LogP contribution in [0.15, 0.2) is 95.8 Å². The predicted molar refractivity (Wildman–Crippen MR) is 172 cm³/mol. The zero-order valence-corrected chi connectivity index (χ0v) is 25.2. The van der Waals surface area contributed by atoms with Crippen LogP contribution >= 0.6 is 24.8 Å². The molecule has 6 aromatic rings. The molecule has 0 aliphatic carbocycles. The smallest absolute Gasteiger partial charge is 0.148 e. The van der Waals surface area contributed by atoms with Crippen molar-refractivity contribution in [3.63, 3.8) is 0 Å². The third kappa shape index (κ3) is 7.27. The number of fused-ring (bicyclic) bond motifs is 2. The molecule has 0 unspecified atom stereocenters. The minimum Gasteiger partial charge on any atom is -0.460 e. The summed E-state index contributed by atoms with van der Waals surface area (Å²) in [6.45, 7) is 1.53. The lowest BCUT2D eigenvalue weighted by molar-refractivity contribution is 0.498. The molecule has 0 atom stereocenters. The van der Waals surface area contributed by atoms with Gasteiger partial charge in [0.05, 0.1) is 36.1 Å². The van der Waals surface area contributed by atoms with Gasteiger partial charge in [0.2, 0.25) is 0 Å². The summed E-state index contributed by atoms with van der Waals surface area (Å²) in [6.07, 6.45) is 4.66. The first-order valence-corrected chi connectivity index (χ1v) is 15.0. The van der Waals surface area contributed by atoms with Crippen molar-refractivity contribution in [1.82, 2.24) is 25.1 Å². The van der Waals surface area contributed by atoms with Crippen LogP contribution in [0.1, 0.15) is 11.3 Å². The maximum absolute atomic E-state index is 11.3. The molecule has 0 saturated heterocycles. The van der Waals surface area contributed by atoms with Crippen molar-refractivity contribution in [3.8, 4) is 11.3 Å². The number of anilines is 2. The van der Waals surface area contributed by atoms with Crippen LogP contribution in [0.25, 0.3) is 33.1 Å². The number of furan rings is 1. The second-order valence-electron chi connectivity index (χ2n) is 9.71. The molecule has 42 heavy (non-hydrogen) atoms. The van der Waals surface area contributed by atoms with Crippen molar-refractivity contribution in [2.75, 3.05) is 23.9 Å². The van der Waals surface area contributed by atoms with Crippen LogP contribution in [0.4, 0.5) is 11.5 Å². The lowest BCUT2D eigenvalue weighted by atomic mass is 10.1. The average molecular weight is 626 g/mol. The number of halogens is 2. The molecule has 0 spiro atoms. The molecule has 0 saturated carbocycles. The fourth-order valence-electron chi connectivity index (χ4n) is 4.59. The van der Waals surface area contributed by atoms with Crippen LogP contribution in [0, 0.1) is 0 Å². The van der Waals surface area contributed by atoms with E-state index in [1.807, 2.05) is 65.5 Å². The monoisotopic (exact) mass is 624 g/mol. The molecular formula is C30H30Cl2N6O3S. The van der Waals surface area contributed by atoms with Crippen molar-refractivity contribution in [2.24, 2.45) is 0 Å². The minimum atomic E-state index is -3.00. The van der Waals surface area contributed by atoms with Crippen LogP contribution in [0.3, 0.4) is 0 Å². The van der Waals surface area contributed by atoms with E-state index in [1.165, 1.54) is 11.8 Å². The van der Waals surface area contributed by atoms with Crippen molar-refractivity contribution in [1.29, 1.82) is 0 Å². The number of rotatable bonds is 10. The molecule has 3 heterocycles. The van der Waals surface area contributed by atoms with Gasteiger partial charge in [-0.25, -0.2) is 18.4 Å². The highest BCUT2D eigenvalue weighted by atomic mass is 35.5. The van der Waals surface area contributed by atoms with Crippen molar-refractivity contribution in [2.45, 2.75) is 13.1 Å². The largest absolute Gasteiger partial charge is 0.460 e. The maximum atomic E-state index is 11.3. The van der Waals surface area contributed by atoms with E-state index in [0.717, 1.165) is 38.8 Å². The molecule has 12 heteroatoms. The molecule has 0 radical (unpaired) electrons. The van der Waals surface area contributed by atoms with Crippen molar-refractivity contribution < 1.29 is 12.8 Å². The summed E-state index contributed by atoms with van der Waals surface area (Å²) in [4.78, 5) is 8.95. The van der Waals surface area contributed by atoms with E-state index in [9.17, 15) is 8.42 Å². The fraction of sp³-hybridized carbons (Fsp3) is 0.167. The van der Waals surface area contributed by atoms with Crippen LogP contribution in [-0.2, 0) is 22.9 Å². The van der Waals surface area contributed by atoms with Gasteiger partial charge in [-0.3, -0.25) is 4.68 Å².